The van der Waals surface area contributed by atoms with Crippen molar-refractivity contribution in [3.05, 3.63) is 65.1 Å². The van der Waals surface area contributed by atoms with Gasteiger partial charge in [0.05, 0.1) is 10.6 Å². The molecule has 1 amide bonds. The second-order valence-corrected chi connectivity index (χ2v) is 6.23. The van der Waals surface area contributed by atoms with Gasteiger partial charge in [-0.1, -0.05) is 48.2 Å². The Morgan fingerprint density at radius 1 is 1.09 bits per heavy atom. The maximum atomic E-state index is 12.4. The van der Waals surface area contributed by atoms with Crippen LogP contribution in [0.5, 0.6) is 5.75 Å². The summed E-state index contributed by atoms with van der Waals surface area (Å²) in [7, 11) is 0. The van der Waals surface area contributed by atoms with Crippen LogP contribution in [-0.4, -0.2) is 20.3 Å². The molecular formula is C16H12N2O2S2. The van der Waals surface area contributed by atoms with E-state index in [4.69, 9.17) is 12.2 Å². The number of carbonyl (C=O) groups excluding carboxylic acids is 1. The molecule has 1 fully saturated rings. The highest BCUT2D eigenvalue weighted by Gasteiger charge is 2.32. The molecule has 2 aromatic rings. The number of rotatable bonds is 3. The minimum absolute atomic E-state index is 0.129. The quantitative estimate of drug-likeness (QED) is 0.666. The average molecular weight is 328 g/mol. The minimum Gasteiger partial charge on any atom is -0.507 e. The number of thioether (sulfide) groups is 1. The second kappa shape index (κ2) is 6.21. The molecule has 2 N–H and O–H groups in total. The maximum absolute atomic E-state index is 12.4. The van der Waals surface area contributed by atoms with Crippen LogP contribution >= 0.6 is 24.0 Å². The van der Waals surface area contributed by atoms with Crippen molar-refractivity contribution in [1.82, 2.24) is 5.01 Å². The van der Waals surface area contributed by atoms with Gasteiger partial charge < -0.3 is 5.11 Å². The van der Waals surface area contributed by atoms with Gasteiger partial charge in [-0.3, -0.25) is 10.2 Å². The summed E-state index contributed by atoms with van der Waals surface area (Å²) >= 11 is 6.44. The first kappa shape index (κ1) is 14.6. The average Bonchev–Trinajstić information content (AvgIpc) is 2.78. The van der Waals surface area contributed by atoms with E-state index >= 15 is 0 Å². The van der Waals surface area contributed by atoms with Gasteiger partial charge >= 0.3 is 0 Å². The molecule has 1 aliphatic rings. The highest BCUT2D eigenvalue weighted by atomic mass is 32.2. The number of thiocarbonyl (C=S) groups is 1. The molecule has 4 nitrogen and oxygen atoms in total. The lowest BCUT2D eigenvalue weighted by atomic mass is 10.2. The molecule has 2 aromatic carbocycles. The zero-order chi connectivity index (χ0) is 15.5. The van der Waals surface area contributed by atoms with E-state index in [1.165, 1.54) is 16.8 Å². The molecule has 1 aliphatic heterocycles. The van der Waals surface area contributed by atoms with Gasteiger partial charge in [0.1, 0.15) is 5.75 Å². The molecule has 0 aliphatic carbocycles. The van der Waals surface area contributed by atoms with Gasteiger partial charge in [0, 0.05) is 5.56 Å². The number of hydrazine groups is 1. The summed E-state index contributed by atoms with van der Waals surface area (Å²) in [4.78, 5) is 12.9. The van der Waals surface area contributed by atoms with Crippen molar-refractivity contribution < 1.29 is 9.90 Å². The largest absolute Gasteiger partial charge is 0.507 e. The third-order valence-corrected chi connectivity index (χ3v) is 4.33. The first-order chi connectivity index (χ1) is 10.6. The van der Waals surface area contributed by atoms with E-state index in [0.717, 1.165) is 5.69 Å². The molecule has 110 valence electrons. The third kappa shape index (κ3) is 2.98. The van der Waals surface area contributed by atoms with Crippen LogP contribution in [0.2, 0.25) is 0 Å². The first-order valence-electron chi connectivity index (χ1n) is 6.53. The molecule has 0 radical (unpaired) electrons. The molecule has 0 saturated carbocycles. The Kier molecular flexibility index (Phi) is 4.13. The normalized spacial score (nSPS) is 16.4. The topological polar surface area (TPSA) is 52.6 Å². The fraction of sp³-hybridized carbons (Fsp3) is 0. The Hall–Kier alpha value is -2.31. The smallest absolute Gasteiger partial charge is 0.285 e. The van der Waals surface area contributed by atoms with Crippen molar-refractivity contribution in [3.63, 3.8) is 0 Å². The minimum atomic E-state index is -0.234. The Morgan fingerprint density at radius 2 is 1.77 bits per heavy atom. The van der Waals surface area contributed by atoms with E-state index in [2.05, 4.69) is 5.43 Å². The molecular weight excluding hydrogens is 316 g/mol. The summed E-state index contributed by atoms with van der Waals surface area (Å²) in [5, 5.41) is 11.1. The lowest BCUT2D eigenvalue weighted by Crippen LogP contribution is -2.33. The number of nitrogens with one attached hydrogen (secondary N) is 1. The van der Waals surface area contributed by atoms with Gasteiger partial charge in [-0.05, 0) is 36.5 Å². The monoisotopic (exact) mass is 328 g/mol. The van der Waals surface area contributed by atoms with Crippen LogP contribution in [0.15, 0.2) is 59.5 Å². The fourth-order valence-corrected chi connectivity index (χ4v) is 3.13. The van der Waals surface area contributed by atoms with Gasteiger partial charge in [-0.15, -0.1) is 0 Å². The summed E-state index contributed by atoms with van der Waals surface area (Å²) in [6.45, 7) is 0. The molecule has 1 heterocycles. The number of carbonyl (C=O) groups is 1. The maximum Gasteiger partial charge on any atom is 0.285 e. The highest BCUT2D eigenvalue weighted by Crippen LogP contribution is 2.34. The fourth-order valence-electron chi connectivity index (χ4n) is 1.96. The number of anilines is 1. The summed E-state index contributed by atoms with van der Waals surface area (Å²) < 4.78 is 0.426. The number of nitrogens with zero attached hydrogens (tertiary/aromatic N) is 1. The lowest BCUT2D eigenvalue weighted by molar-refractivity contribution is -0.121. The number of para-hydroxylation sites is 2. The van der Waals surface area contributed by atoms with E-state index in [0.29, 0.717) is 14.8 Å². The van der Waals surface area contributed by atoms with Crippen LogP contribution in [0.25, 0.3) is 6.08 Å². The van der Waals surface area contributed by atoms with E-state index in [1.807, 2.05) is 30.3 Å². The van der Waals surface area contributed by atoms with Crippen molar-refractivity contribution in [1.29, 1.82) is 0 Å². The summed E-state index contributed by atoms with van der Waals surface area (Å²) in [5.41, 5.74) is 4.36. The summed E-state index contributed by atoms with van der Waals surface area (Å²) in [5.74, 6) is -0.106. The first-order valence-corrected chi connectivity index (χ1v) is 7.75. The van der Waals surface area contributed by atoms with Crippen molar-refractivity contribution in [2.75, 3.05) is 5.43 Å². The van der Waals surface area contributed by atoms with Crippen molar-refractivity contribution in [2.24, 2.45) is 0 Å². The van der Waals surface area contributed by atoms with E-state index < -0.39 is 0 Å². The number of benzene rings is 2. The SMILES string of the molecule is O=C1C(=Cc2ccccc2O)SC(=S)N1Nc1ccccc1. The van der Waals surface area contributed by atoms with Gasteiger partial charge in [-0.2, -0.15) is 0 Å². The van der Waals surface area contributed by atoms with E-state index in [1.54, 1.807) is 30.3 Å². The number of phenolic OH excluding ortho intramolecular Hbond substituents is 1. The number of amides is 1. The Labute approximate surface area is 137 Å². The summed E-state index contributed by atoms with van der Waals surface area (Å²) in [6, 6.07) is 16.2. The van der Waals surface area contributed by atoms with Crippen LogP contribution < -0.4 is 5.43 Å². The Bertz CT molecular complexity index is 760. The molecule has 0 spiro atoms. The van der Waals surface area contributed by atoms with Crippen LogP contribution in [0.1, 0.15) is 5.56 Å². The predicted molar refractivity (Wildman–Crippen MR) is 93.2 cm³/mol. The number of hydrogen-bond donors (Lipinski definition) is 2. The Balaban J connectivity index is 1.84. The molecule has 0 bridgehead atoms. The zero-order valence-corrected chi connectivity index (χ0v) is 13.0. The molecule has 0 atom stereocenters. The molecule has 22 heavy (non-hydrogen) atoms. The Morgan fingerprint density at radius 3 is 2.50 bits per heavy atom. The van der Waals surface area contributed by atoms with Crippen LogP contribution in [0, 0.1) is 0 Å². The summed E-state index contributed by atoms with van der Waals surface area (Å²) in [6.07, 6.45) is 1.64. The lowest BCUT2D eigenvalue weighted by Gasteiger charge is -2.16. The van der Waals surface area contributed by atoms with Crippen LogP contribution in [-0.2, 0) is 4.79 Å². The molecule has 0 unspecified atom stereocenters. The number of aromatic hydroxyl groups is 1. The standard InChI is InChI=1S/C16H12N2O2S2/c19-13-9-5-4-6-11(13)10-14-15(20)18(16(21)22-14)17-12-7-2-1-3-8-12/h1-10,17,19H. The van der Waals surface area contributed by atoms with Crippen molar-refractivity contribution in [3.8, 4) is 5.75 Å². The number of hydrogen-bond acceptors (Lipinski definition) is 5. The highest BCUT2D eigenvalue weighted by molar-refractivity contribution is 8.26. The molecule has 0 aromatic heterocycles. The van der Waals surface area contributed by atoms with Gasteiger partial charge in [-0.25, -0.2) is 5.01 Å². The van der Waals surface area contributed by atoms with Crippen molar-refractivity contribution in [2.45, 2.75) is 0 Å². The molecule has 3 rings (SSSR count). The van der Waals surface area contributed by atoms with Gasteiger partial charge in [0.15, 0.2) is 4.32 Å². The molecule has 6 heteroatoms. The second-order valence-electron chi connectivity index (χ2n) is 4.55. The van der Waals surface area contributed by atoms with Crippen LogP contribution in [0.3, 0.4) is 0 Å². The van der Waals surface area contributed by atoms with E-state index in [9.17, 15) is 9.90 Å². The van der Waals surface area contributed by atoms with Gasteiger partial charge in [0.25, 0.3) is 5.91 Å². The van der Waals surface area contributed by atoms with E-state index in [-0.39, 0.29) is 11.7 Å². The third-order valence-electron chi connectivity index (χ3n) is 3.03. The van der Waals surface area contributed by atoms with Crippen LogP contribution in [0.4, 0.5) is 5.69 Å². The number of phenols is 1. The van der Waals surface area contributed by atoms with Crippen molar-refractivity contribution >= 4 is 46.0 Å². The van der Waals surface area contributed by atoms with Gasteiger partial charge in [0.2, 0.25) is 0 Å². The predicted octanol–water partition coefficient (Wildman–Crippen LogP) is 3.62. The zero-order valence-electron chi connectivity index (χ0n) is 11.4. The molecule has 1 saturated heterocycles.